The minimum atomic E-state index is -4.41. The van der Waals surface area contributed by atoms with Crippen LogP contribution in [-0.2, 0) is 12.7 Å². The Bertz CT molecular complexity index is 648. The van der Waals surface area contributed by atoms with E-state index in [0.29, 0.717) is 5.56 Å². The molecule has 0 spiro atoms. The van der Waals surface area contributed by atoms with E-state index in [1.807, 2.05) is 0 Å². The first-order valence-corrected chi connectivity index (χ1v) is 5.56. The number of carbonyl (C=O) groups excluding carboxylic acids is 1. The lowest BCUT2D eigenvalue weighted by Crippen LogP contribution is -2.14. The van der Waals surface area contributed by atoms with Crippen molar-refractivity contribution in [1.29, 1.82) is 0 Å². The maximum Gasteiger partial charge on any atom is 0.416 e. The number of nitrogen functional groups attached to an aromatic ring is 1. The highest BCUT2D eigenvalue weighted by Crippen LogP contribution is 2.29. The highest BCUT2D eigenvalue weighted by atomic mass is 19.4. The number of halogens is 3. The molecule has 2 aromatic rings. The van der Waals surface area contributed by atoms with E-state index < -0.39 is 17.6 Å². The van der Waals surface area contributed by atoms with Gasteiger partial charge in [0.15, 0.2) is 5.69 Å². The lowest BCUT2D eigenvalue weighted by molar-refractivity contribution is -0.137. The van der Waals surface area contributed by atoms with E-state index in [1.165, 1.54) is 23.0 Å². The van der Waals surface area contributed by atoms with Gasteiger partial charge in [0.25, 0.3) is 5.91 Å². The summed E-state index contributed by atoms with van der Waals surface area (Å²) in [5, 5.41) is 3.83. The Balaban J connectivity index is 2.26. The molecule has 0 aliphatic carbocycles. The Labute approximate surface area is 112 Å². The second kappa shape index (κ2) is 4.87. The maximum atomic E-state index is 12.6. The molecule has 2 rings (SSSR count). The van der Waals surface area contributed by atoms with Gasteiger partial charge in [-0.3, -0.25) is 9.48 Å². The van der Waals surface area contributed by atoms with Gasteiger partial charge in [-0.1, -0.05) is 12.1 Å². The highest BCUT2D eigenvalue weighted by molar-refractivity contribution is 5.95. The first-order valence-electron chi connectivity index (χ1n) is 5.56. The fraction of sp³-hybridized carbons (Fsp3) is 0.167. The van der Waals surface area contributed by atoms with Crippen LogP contribution < -0.4 is 11.5 Å². The third-order valence-corrected chi connectivity index (χ3v) is 2.62. The number of hydrogen-bond donors (Lipinski definition) is 2. The molecule has 0 unspecified atom stereocenters. The fourth-order valence-corrected chi connectivity index (χ4v) is 1.74. The summed E-state index contributed by atoms with van der Waals surface area (Å²) in [6, 6.07) is 4.83. The van der Waals surface area contributed by atoms with Gasteiger partial charge in [0, 0.05) is 6.20 Å². The first-order chi connectivity index (χ1) is 9.27. The molecule has 0 radical (unpaired) electrons. The van der Waals surface area contributed by atoms with Crippen molar-refractivity contribution in [3.63, 3.8) is 0 Å². The molecular weight excluding hydrogens is 273 g/mol. The van der Waals surface area contributed by atoms with Crippen LogP contribution in [0.25, 0.3) is 0 Å². The summed E-state index contributed by atoms with van der Waals surface area (Å²) >= 11 is 0. The average Bonchev–Trinajstić information content (AvgIpc) is 2.69. The van der Waals surface area contributed by atoms with Gasteiger partial charge in [-0.05, 0) is 17.7 Å². The zero-order valence-corrected chi connectivity index (χ0v) is 10.2. The SMILES string of the molecule is NC(=O)c1nn(Cc2cccc(C(F)(F)F)c2)cc1N. The third kappa shape index (κ3) is 2.90. The number of hydrogen-bond acceptors (Lipinski definition) is 3. The number of alkyl halides is 3. The first kappa shape index (κ1) is 13.9. The van der Waals surface area contributed by atoms with E-state index in [9.17, 15) is 18.0 Å². The van der Waals surface area contributed by atoms with Gasteiger partial charge in [-0.25, -0.2) is 0 Å². The standard InChI is InChI=1S/C12H11F3N4O/c13-12(14,15)8-3-1-2-7(4-8)5-19-6-9(16)10(18-19)11(17)20/h1-4,6H,5,16H2,(H2,17,20). The van der Waals surface area contributed by atoms with Gasteiger partial charge in [-0.2, -0.15) is 18.3 Å². The van der Waals surface area contributed by atoms with Crippen molar-refractivity contribution in [1.82, 2.24) is 9.78 Å². The lowest BCUT2D eigenvalue weighted by atomic mass is 10.1. The van der Waals surface area contributed by atoms with Crippen molar-refractivity contribution < 1.29 is 18.0 Å². The van der Waals surface area contributed by atoms with Crippen LogP contribution in [0, 0.1) is 0 Å². The van der Waals surface area contributed by atoms with E-state index in [-0.39, 0.29) is 17.9 Å². The van der Waals surface area contributed by atoms with Gasteiger partial charge in [0.1, 0.15) is 0 Å². The van der Waals surface area contributed by atoms with Gasteiger partial charge in [0.2, 0.25) is 0 Å². The molecular formula is C12H11F3N4O. The lowest BCUT2D eigenvalue weighted by Gasteiger charge is -2.08. The van der Waals surface area contributed by atoms with E-state index in [2.05, 4.69) is 5.10 Å². The zero-order chi connectivity index (χ0) is 14.9. The van der Waals surface area contributed by atoms with Crippen molar-refractivity contribution >= 4 is 11.6 Å². The Morgan fingerprint density at radius 1 is 1.35 bits per heavy atom. The number of benzene rings is 1. The highest BCUT2D eigenvalue weighted by Gasteiger charge is 2.30. The molecule has 1 heterocycles. The molecule has 0 aliphatic rings. The molecule has 0 atom stereocenters. The molecule has 5 nitrogen and oxygen atoms in total. The molecule has 1 amide bonds. The Morgan fingerprint density at radius 2 is 2.05 bits per heavy atom. The quantitative estimate of drug-likeness (QED) is 0.898. The zero-order valence-electron chi connectivity index (χ0n) is 10.2. The predicted molar refractivity (Wildman–Crippen MR) is 65.7 cm³/mol. The van der Waals surface area contributed by atoms with Crippen LogP contribution in [0.2, 0.25) is 0 Å². The van der Waals surface area contributed by atoms with Crippen LogP contribution >= 0.6 is 0 Å². The van der Waals surface area contributed by atoms with Crippen LogP contribution in [0.5, 0.6) is 0 Å². The monoisotopic (exact) mass is 284 g/mol. The number of carbonyl (C=O) groups is 1. The molecule has 0 bridgehead atoms. The third-order valence-electron chi connectivity index (χ3n) is 2.62. The molecule has 106 valence electrons. The van der Waals surface area contributed by atoms with E-state index in [4.69, 9.17) is 11.5 Å². The Kier molecular flexibility index (Phi) is 3.39. The largest absolute Gasteiger partial charge is 0.416 e. The summed E-state index contributed by atoms with van der Waals surface area (Å²) in [7, 11) is 0. The summed E-state index contributed by atoms with van der Waals surface area (Å²) < 4.78 is 39.0. The second-order valence-corrected chi connectivity index (χ2v) is 4.19. The molecule has 1 aromatic heterocycles. The van der Waals surface area contributed by atoms with Crippen molar-refractivity contribution in [2.24, 2.45) is 5.73 Å². The number of aromatic nitrogens is 2. The number of amides is 1. The number of nitrogens with two attached hydrogens (primary N) is 2. The van der Waals surface area contributed by atoms with Crippen LogP contribution in [0.15, 0.2) is 30.5 Å². The van der Waals surface area contributed by atoms with Gasteiger partial charge in [0.05, 0.1) is 17.8 Å². The van der Waals surface area contributed by atoms with E-state index in [0.717, 1.165) is 12.1 Å². The van der Waals surface area contributed by atoms with Crippen LogP contribution in [0.3, 0.4) is 0 Å². The molecule has 0 saturated carbocycles. The van der Waals surface area contributed by atoms with Crippen molar-refractivity contribution in [3.05, 3.63) is 47.3 Å². The van der Waals surface area contributed by atoms with Crippen LogP contribution in [-0.4, -0.2) is 15.7 Å². The van der Waals surface area contributed by atoms with Crippen molar-refractivity contribution in [2.45, 2.75) is 12.7 Å². The van der Waals surface area contributed by atoms with Gasteiger partial charge in [-0.15, -0.1) is 0 Å². The topological polar surface area (TPSA) is 86.9 Å². The minimum absolute atomic E-state index is 0.0569. The predicted octanol–water partition coefficient (Wildman–Crippen LogP) is 1.63. The minimum Gasteiger partial charge on any atom is -0.396 e. The summed E-state index contributed by atoms with van der Waals surface area (Å²) in [5.41, 5.74) is 10.2. The maximum absolute atomic E-state index is 12.6. The number of rotatable bonds is 3. The molecule has 4 N–H and O–H groups in total. The van der Waals surface area contributed by atoms with Crippen molar-refractivity contribution in [3.8, 4) is 0 Å². The number of primary amides is 1. The normalized spacial score (nSPS) is 11.6. The molecule has 0 saturated heterocycles. The van der Waals surface area contributed by atoms with Gasteiger partial charge < -0.3 is 11.5 Å². The number of nitrogens with zero attached hydrogens (tertiary/aromatic N) is 2. The van der Waals surface area contributed by atoms with Crippen LogP contribution in [0.1, 0.15) is 21.6 Å². The summed E-state index contributed by atoms with van der Waals surface area (Å²) in [4.78, 5) is 11.0. The fourth-order valence-electron chi connectivity index (χ4n) is 1.74. The van der Waals surface area contributed by atoms with E-state index in [1.54, 1.807) is 0 Å². The molecule has 0 fully saturated rings. The molecule has 8 heteroatoms. The second-order valence-electron chi connectivity index (χ2n) is 4.19. The molecule has 20 heavy (non-hydrogen) atoms. The van der Waals surface area contributed by atoms with Gasteiger partial charge >= 0.3 is 6.18 Å². The summed E-state index contributed by atoms with van der Waals surface area (Å²) in [6.45, 7) is 0.0569. The summed E-state index contributed by atoms with van der Waals surface area (Å²) in [5.74, 6) is -0.787. The Morgan fingerprint density at radius 3 is 2.60 bits per heavy atom. The Hall–Kier alpha value is -2.51. The number of anilines is 1. The summed E-state index contributed by atoms with van der Waals surface area (Å²) in [6.07, 6.45) is -3.06. The smallest absolute Gasteiger partial charge is 0.396 e. The average molecular weight is 284 g/mol. The van der Waals surface area contributed by atoms with Crippen molar-refractivity contribution in [2.75, 3.05) is 5.73 Å². The van der Waals surface area contributed by atoms with Crippen LogP contribution in [0.4, 0.5) is 18.9 Å². The van der Waals surface area contributed by atoms with E-state index >= 15 is 0 Å². The molecule has 1 aromatic carbocycles. The molecule has 0 aliphatic heterocycles.